The first-order valence-corrected chi connectivity index (χ1v) is 8.48. The number of Topliss-reactive ketones (excluding diaryl/α,β-unsaturated/α-hetero) is 1. The topological polar surface area (TPSA) is 68.6 Å². The van der Waals surface area contributed by atoms with Crippen molar-refractivity contribution in [2.75, 3.05) is 0 Å². The fourth-order valence-electron chi connectivity index (χ4n) is 2.24. The van der Waals surface area contributed by atoms with Gasteiger partial charge in [-0.2, -0.15) is 0 Å². The molecule has 0 spiro atoms. The third kappa shape index (κ3) is 13.5. The fraction of sp³-hybridized carbons (Fsp3) is 0.476. The number of aromatic nitrogens is 4. The van der Waals surface area contributed by atoms with Crippen LogP contribution in [0, 0.1) is 39.8 Å². The SMILES string of the molecule is C.CC=C(CC)c1nc(C)[c-]c(C)n1.CCC(=O)c1nc(C)[c-]c(C)n1.[W].[Y].[Y]. The van der Waals surface area contributed by atoms with Gasteiger partial charge in [0.15, 0.2) is 11.6 Å². The zero-order valence-corrected chi connectivity index (χ0v) is 26.4. The van der Waals surface area contributed by atoms with Crippen molar-refractivity contribution in [3.05, 3.63) is 52.6 Å². The van der Waals surface area contributed by atoms with Crippen LogP contribution in [0.5, 0.6) is 0 Å². The van der Waals surface area contributed by atoms with Crippen molar-refractivity contribution in [3.8, 4) is 0 Å². The zero-order chi connectivity index (χ0) is 19.0. The average Bonchev–Trinajstić information content (AvgIpc) is 2.54. The molecule has 2 radical (unpaired) electrons. The summed E-state index contributed by atoms with van der Waals surface area (Å²) < 4.78 is 0. The van der Waals surface area contributed by atoms with E-state index in [0.29, 0.717) is 12.2 Å². The van der Waals surface area contributed by atoms with Gasteiger partial charge in [-0.05, 0) is 18.9 Å². The minimum Gasteiger partial charge on any atom is -0.427 e. The summed E-state index contributed by atoms with van der Waals surface area (Å²) >= 11 is 0. The molecule has 0 aliphatic rings. The van der Waals surface area contributed by atoms with Crippen LogP contribution >= 0.6 is 0 Å². The van der Waals surface area contributed by atoms with Gasteiger partial charge in [0.2, 0.25) is 0 Å². The second-order valence-corrected chi connectivity index (χ2v) is 5.63. The molecule has 8 heteroatoms. The summed E-state index contributed by atoms with van der Waals surface area (Å²) in [5, 5.41) is 0. The van der Waals surface area contributed by atoms with Gasteiger partial charge in [-0.25, -0.2) is 0 Å². The first-order chi connectivity index (χ1) is 11.8. The molecule has 154 valence electrons. The van der Waals surface area contributed by atoms with E-state index in [9.17, 15) is 4.79 Å². The van der Waals surface area contributed by atoms with Gasteiger partial charge in [-0.1, -0.05) is 55.0 Å². The molecule has 0 saturated carbocycles. The van der Waals surface area contributed by atoms with E-state index in [4.69, 9.17) is 0 Å². The summed E-state index contributed by atoms with van der Waals surface area (Å²) in [7, 11) is 0. The molecule has 2 heterocycles. The first kappa shape index (κ1) is 36.8. The molecule has 29 heavy (non-hydrogen) atoms. The van der Waals surface area contributed by atoms with E-state index in [2.05, 4.69) is 45.1 Å². The van der Waals surface area contributed by atoms with E-state index in [1.165, 1.54) is 5.57 Å². The molecule has 0 aromatic carbocycles. The van der Waals surface area contributed by atoms with Gasteiger partial charge in [0.25, 0.3) is 0 Å². The van der Waals surface area contributed by atoms with E-state index < -0.39 is 0 Å². The van der Waals surface area contributed by atoms with Gasteiger partial charge in [0.05, 0.1) is 0 Å². The molecule has 0 amide bonds. The van der Waals surface area contributed by atoms with Gasteiger partial charge in [-0.3, -0.25) is 24.7 Å². The van der Waals surface area contributed by atoms with Crippen LogP contribution < -0.4 is 0 Å². The van der Waals surface area contributed by atoms with Crippen LogP contribution in [0.2, 0.25) is 0 Å². The van der Waals surface area contributed by atoms with E-state index >= 15 is 0 Å². The molecule has 0 atom stereocenters. The Balaban J connectivity index is -0.000000190. The van der Waals surface area contributed by atoms with Crippen LogP contribution in [-0.2, 0) is 86.5 Å². The van der Waals surface area contributed by atoms with Crippen molar-refractivity contribution in [2.24, 2.45) is 0 Å². The minimum absolute atomic E-state index is 0. The Bertz CT molecular complexity index is 743. The van der Waals surface area contributed by atoms with Crippen LogP contribution in [0.25, 0.3) is 5.57 Å². The predicted octanol–water partition coefficient (Wildman–Crippen LogP) is 4.82. The van der Waals surface area contributed by atoms with Gasteiger partial charge in [0, 0.05) is 92.9 Å². The summed E-state index contributed by atoms with van der Waals surface area (Å²) in [5.41, 5.74) is 4.46. The molecule has 0 aliphatic heterocycles. The monoisotopic (exact) mass is 716 g/mol. The van der Waals surface area contributed by atoms with E-state index in [-0.39, 0.29) is 99.7 Å². The van der Waals surface area contributed by atoms with Gasteiger partial charge in [0.1, 0.15) is 5.82 Å². The maximum atomic E-state index is 11.2. The van der Waals surface area contributed by atoms with Crippen LogP contribution in [0.3, 0.4) is 0 Å². The van der Waals surface area contributed by atoms with Gasteiger partial charge < -0.3 is 12.1 Å². The molecular weight excluding hydrogens is 686 g/mol. The van der Waals surface area contributed by atoms with Crippen LogP contribution in [0.15, 0.2) is 6.08 Å². The number of aryl methyl sites for hydroxylation is 4. The normalized spacial score (nSPS) is 9.41. The van der Waals surface area contributed by atoms with E-state index in [1.54, 1.807) is 20.8 Å². The van der Waals surface area contributed by atoms with Crippen molar-refractivity contribution in [1.29, 1.82) is 0 Å². The Hall–Kier alpha value is 0.466. The molecule has 0 unspecified atom stereocenters. The van der Waals surface area contributed by atoms with Crippen molar-refractivity contribution in [3.63, 3.8) is 0 Å². The largest absolute Gasteiger partial charge is 0.427 e. The molecule has 2 aromatic heterocycles. The third-order valence-corrected chi connectivity index (χ3v) is 3.41. The molecule has 0 N–H and O–H groups in total. The van der Waals surface area contributed by atoms with Crippen molar-refractivity contribution in [1.82, 2.24) is 19.9 Å². The average molecular weight is 716 g/mol. The number of rotatable bonds is 4. The van der Waals surface area contributed by atoms with Crippen molar-refractivity contribution in [2.45, 2.75) is 68.7 Å². The van der Waals surface area contributed by atoms with Crippen LogP contribution in [0.4, 0.5) is 0 Å². The Labute approximate surface area is 241 Å². The molecule has 0 fully saturated rings. The fourth-order valence-corrected chi connectivity index (χ4v) is 2.24. The number of ketones is 1. The second kappa shape index (κ2) is 19.2. The van der Waals surface area contributed by atoms with E-state index in [0.717, 1.165) is 35.0 Å². The zero-order valence-electron chi connectivity index (χ0n) is 17.8. The smallest absolute Gasteiger partial charge is 0.199 e. The molecular formula is C21H30N4OWY2-2. The molecule has 0 aliphatic carbocycles. The molecule has 5 nitrogen and oxygen atoms in total. The van der Waals surface area contributed by atoms with Gasteiger partial charge >= 0.3 is 0 Å². The number of nitrogens with zero attached hydrogens (tertiary/aromatic N) is 4. The first-order valence-electron chi connectivity index (χ1n) is 8.48. The number of hydrogen-bond acceptors (Lipinski definition) is 5. The second-order valence-electron chi connectivity index (χ2n) is 5.63. The summed E-state index contributed by atoms with van der Waals surface area (Å²) in [5.74, 6) is 1.14. The number of hydrogen-bond donors (Lipinski definition) is 0. The third-order valence-electron chi connectivity index (χ3n) is 3.41. The maximum absolute atomic E-state index is 11.2. The predicted molar refractivity (Wildman–Crippen MR) is 106 cm³/mol. The van der Waals surface area contributed by atoms with Crippen LogP contribution in [-0.4, -0.2) is 25.7 Å². The summed E-state index contributed by atoms with van der Waals surface area (Å²) in [6.07, 6.45) is 3.48. The Kier molecular flexibility index (Phi) is 24.3. The summed E-state index contributed by atoms with van der Waals surface area (Å²) in [6, 6.07) is 5.98. The van der Waals surface area contributed by atoms with Gasteiger partial charge in [-0.15, -0.1) is 22.8 Å². The minimum atomic E-state index is -0.0183. The summed E-state index contributed by atoms with van der Waals surface area (Å²) in [6.45, 7) is 13.4. The molecule has 0 bridgehead atoms. The molecule has 0 saturated heterocycles. The number of allylic oxidation sites excluding steroid dienone is 2. The quantitative estimate of drug-likeness (QED) is 0.336. The maximum Gasteiger partial charge on any atom is 0.199 e. The number of carbonyl (C=O) groups is 1. The Morgan fingerprint density at radius 1 is 0.793 bits per heavy atom. The summed E-state index contributed by atoms with van der Waals surface area (Å²) in [4.78, 5) is 27.8. The standard InChI is InChI=1S/C11H15N2.C9H11N2O.CH4.W.2Y/c1-5-10(6-2)11-12-8(3)7-9(4)13-11;1-4-8(12)9-10-6(2)5-7(3)11-9;;;;/h5H,6H2,1-4H3;4H2,1-3H3;1H4;;;/q2*-1;;;;. The Morgan fingerprint density at radius 3 is 1.41 bits per heavy atom. The van der Waals surface area contributed by atoms with E-state index in [1.807, 2.05) is 20.8 Å². The molecule has 2 aromatic rings. The van der Waals surface area contributed by atoms with Crippen molar-refractivity contribution < 1.29 is 91.3 Å². The Morgan fingerprint density at radius 2 is 1.14 bits per heavy atom. The molecule has 2 rings (SSSR count). The van der Waals surface area contributed by atoms with Crippen LogP contribution in [0.1, 0.15) is 80.3 Å². The number of carbonyl (C=O) groups excluding carboxylic acids is 1. The van der Waals surface area contributed by atoms with Crippen molar-refractivity contribution >= 4 is 11.4 Å².